The zero-order valence-electron chi connectivity index (χ0n) is 46.1. The van der Waals surface area contributed by atoms with Crippen LogP contribution >= 0.6 is 0 Å². The van der Waals surface area contributed by atoms with Gasteiger partial charge >= 0.3 is 5.97 Å². The number of unbranched alkanes of at least 4 members (excludes halogenated alkanes) is 45. The van der Waals surface area contributed by atoms with Crippen molar-refractivity contribution in [1.82, 2.24) is 5.32 Å². The number of aliphatic hydroxyl groups excluding tert-OH is 2. The third-order valence-electron chi connectivity index (χ3n) is 14.6. The second-order valence-corrected chi connectivity index (χ2v) is 21.4. The van der Waals surface area contributed by atoms with Gasteiger partial charge in [0.05, 0.1) is 25.4 Å². The number of allylic oxidation sites excluding steroid dienone is 2. The van der Waals surface area contributed by atoms with E-state index in [1.54, 1.807) is 0 Å². The van der Waals surface area contributed by atoms with Crippen molar-refractivity contribution in [2.45, 2.75) is 360 Å². The molecule has 0 aromatic rings. The monoisotopic (exact) mass is 960 g/mol. The van der Waals surface area contributed by atoms with Gasteiger partial charge in [0.2, 0.25) is 5.91 Å². The number of amides is 1. The number of esters is 1. The number of ether oxygens (including phenoxy) is 1. The van der Waals surface area contributed by atoms with Crippen LogP contribution in [0.1, 0.15) is 348 Å². The first-order valence-corrected chi connectivity index (χ1v) is 30.9. The molecule has 2 unspecified atom stereocenters. The van der Waals surface area contributed by atoms with Crippen LogP contribution in [0.25, 0.3) is 0 Å². The van der Waals surface area contributed by atoms with Crippen molar-refractivity contribution in [3.8, 4) is 0 Å². The van der Waals surface area contributed by atoms with Crippen LogP contribution in [0.3, 0.4) is 0 Å². The Labute approximate surface area is 425 Å². The van der Waals surface area contributed by atoms with Crippen LogP contribution in [0.4, 0.5) is 0 Å². The third kappa shape index (κ3) is 53.9. The molecular weight excluding hydrogens is 839 g/mol. The average Bonchev–Trinajstić information content (AvgIpc) is 3.34. The van der Waals surface area contributed by atoms with Gasteiger partial charge in [-0.25, -0.2) is 0 Å². The molecule has 6 nitrogen and oxygen atoms in total. The van der Waals surface area contributed by atoms with E-state index in [1.807, 2.05) is 0 Å². The number of carbonyl (C=O) groups excluding carboxylic acids is 2. The standard InChI is InChI=1S/C62H121NO5/c1-3-5-7-9-11-13-15-17-19-20-21-22-23-24-25-26-27-28-29-30-34-38-42-46-50-54-60(65)59(58-64)63-61(66)55-51-47-43-39-35-32-33-37-41-45-49-53-57-68-62(67)56-52-48-44-40-36-31-18-16-14-12-10-8-6-4-2/h33,37,59-60,64-65H,3-32,34-36,38-58H2,1-2H3,(H,63,66)/b37-33-. The maximum Gasteiger partial charge on any atom is 0.305 e. The van der Waals surface area contributed by atoms with E-state index >= 15 is 0 Å². The molecule has 1 amide bonds. The Morgan fingerprint density at radius 3 is 1.04 bits per heavy atom. The van der Waals surface area contributed by atoms with Gasteiger partial charge in [-0.05, 0) is 57.8 Å². The molecule has 0 saturated heterocycles. The van der Waals surface area contributed by atoms with E-state index in [2.05, 4.69) is 31.3 Å². The van der Waals surface area contributed by atoms with Gasteiger partial charge in [-0.15, -0.1) is 0 Å². The molecule has 0 radical (unpaired) electrons. The lowest BCUT2D eigenvalue weighted by molar-refractivity contribution is -0.143. The second-order valence-electron chi connectivity index (χ2n) is 21.4. The first kappa shape index (κ1) is 66.6. The number of carbonyl (C=O) groups is 2. The van der Waals surface area contributed by atoms with E-state index < -0.39 is 12.1 Å². The highest BCUT2D eigenvalue weighted by Gasteiger charge is 2.20. The normalized spacial score (nSPS) is 12.6. The molecule has 3 N–H and O–H groups in total. The van der Waals surface area contributed by atoms with E-state index in [9.17, 15) is 19.8 Å². The van der Waals surface area contributed by atoms with E-state index in [4.69, 9.17) is 4.74 Å². The van der Waals surface area contributed by atoms with Crippen LogP contribution in [0.2, 0.25) is 0 Å². The van der Waals surface area contributed by atoms with E-state index in [1.165, 1.54) is 238 Å². The SMILES string of the molecule is CCCCCCCCCCCCCCCCCCCCCCCCCCCC(O)C(CO)NC(=O)CCCCCCC/C=C\CCCCCOC(=O)CCCCCCCCCCCCCCCC. The summed E-state index contributed by atoms with van der Waals surface area (Å²) >= 11 is 0. The predicted molar refractivity (Wildman–Crippen MR) is 297 cm³/mol. The first-order valence-electron chi connectivity index (χ1n) is 30.9. The van der Waals surface area contributed by atoms with Crippen molar-refractivity contribution in [3.05, 3.63) is 12.2 Å². The minimum atomic E-state index is -0.681. The summed E-state index contributed by atoms with van der Waals surface area (Å²) in [6.07, 6.45) is 69.3. The maximum absolute atomic E-state index is 12.5. The largest absolute Gasteiger partial charge is 0.466 e. The molecule has 0 aliphatic heterocycles. The highest BCUT2D eigenvalue weighted by Crippen LogP contribution is 2.18. The third-order valence-corrected chi connectivity index (χ3v) is 14.6. The molecular formula is C62H121NO5. The Morgan fingerprint density at radius 1 is 0.397 bits per heavy atom. The molecule has 68 heavy (non-hydrogen) atoms. The minimum Gasteiger partial charge on any atom is -0.466 e. The highest BCUT2D eigenvalue weighted by atomic mass is 16.5. The van der Waals surface area contributed by atoms with Gasteiger partial charge in [0.25, 0.3) is 0 Å². The van der Waals surface area contributed by atoms with Gasteiger partial charge in [-0.3, -0.25) is 9.59 Å². The summed E-state index contributed by atoms with van der Waals surface area (Å²) in [7, 11) is 0. The summed E-state index contributed by atoms with van der Waals surface area (Å²) in [5, 5.41) is 23.4. The topological polar surface area (TPSA) is 95.9 Å². The molecule has 0 aromatic carbocycles. The zero-order valence-corrected chi connectivity index (χ0v) is 46.1. The fraction of sp³-hybridized carbons (Fsp3) is 0.935. The van der Waals surface area contributed by atoms with Gasteiger partial charge in [0, 0.05) is 12.8 Å². The van der Waals surface area contributed by atoms with Crippen LogP contribution in [-0.4, -0.2) is 47.4 Å². The number of rotatable bonds is 58. The molecule has 0 saturated carbocycles. The minimum absolute atomic E-state index is 0.0191. The van der Waals surface area contributed by atoms with Crippen LogP contribution < -0.4 is 5.32 Å². The summed E-state index contributed by atoms with van der Waals surface area (Å²) in [5.74, 6) is -0.0754. The van der Waals surface area contributed by atoms with Crippen molar-refractivity contribution in [3.63, 3.8) is 0 Å². The Kier molecular flexibility index (Phi) is 57.0. The van der Waals surface area contributed by atoms with Gasteiger partial charge < -0.3 is 20.3 Å². The maximum atomic E-state index is 12.5. The molecule has 404 valence electrons. The van der Waals surface area contributed by atoms with Gasteiger partial charge in [0.1, 0.15) is 0 Å². The summed E-state index contributed by atoms with van der Waals surface area (Å²) < 4.78 is 5.46. The van der Waals surface area contributed by atoms with Crippen molar-refractivity contribution in [2.24, 2.45) is 0 Å². The summed E-state index contributed by atoms with van der Waals surface area (Å²) in [4.78, 5) is 24.6. The molecule has 2 atom stereocenters. The van der Waals surface area contributed by atoms with Crippen molar-refractivity contribution >= 4 is 11.9 Å². The molecule has 0 spiro atoms. The lowest BCUT2D eigenvalue weighted by Gasteiger charge is -2.22. The lowest BCUT2D eigenvalue weighted by atomic mass is 10.0. The number of hydrogen-bond donors (Lipinski definition) is 3. The molecule has 0 aliphatic carbocycles. The summed E-state index contributed by atoms with van der Waals surface area (Å²) in [6, 6.07) is -0.560. The fourth-order valence-electron chi connectivity index (χ4n) is 9.81. The Morgan fingerprint density at radius 2 is 0.691 bits per heavy atom. The summed E-state index contributed by atoms with van der Waals surface area (Å²) in [5.41, 5.74) is 0. The Hall–Kier alpha value is -1.40. The van der Waals surface area contributed by atoms with E-state index in [-0.39, 0.29) is 18.5 Å². The molecule has 0 heterocycles. The van der Waals surface area contributed by atoms with Crippen LogP contribution in [0.15, 0.2) is 12.2 Å². The summed E-state index contributed by atoms with van der Waals surface area (Å²) in [6.45, 7) is 4.93. The van der Waals surface area contributed by atoms with E-state index in [0.717, 1.165) is 77.0 Å². The Bertz CT molecular complexity index is 1020. The molecule has 0 bridgehead atoms. The highest BCUT2D eigenvalue weighted by molar-refractivity contribution is 5.76. The van der Waals surface area contributed by atoms with Crippen LogP contribution in [0.5, 0.6) is 0 Å². The lowest BCUT2D eigenvalue weighted by Crippen LogP contribution is -2.45. The molecule has 0 aromatic heterocycles. The Balaban J connectivity index is 3.47. The molecule has 6 heteroatoms. The zero-order chi connectivity index (χ0) is 49.3. The second kappa shape index (κ2) is 58.2. The molecule has 0 rings (SSSR count). The van der Waals surface area contributed by atoms with E-state index in [0.29, 0.717) is 25.9 Å². The smallest absolute Gasteiger partial charge is 0.305 e. The van der Waals surface area contributed by atoms with Crippen LogP contribution in [0, 0.1) is 0 Å². The van der Waals surface area contributed by atoms with Crippen LogP contribution in [-0.2, 0) is 14.3 Å². The molecule has 0 aliphatic rings. The number of nitrogens with one attached hydrogen (secondary N) is 1. The predicted octanol–water partition coefficient (Wildman–Crippen LogP) is 19.2. The number of aliphatic hydroxyl groups is 2. The number of hydrogen-bond acceptors (Lipinski definition) is 5. The van der Waals surface area contributed by atoms with Crippen molar-refractivity contribution < 1.29 is 24.5 Å². The van der Waals surface area contributed by atoms with Gasteiger partial charge in [0.15, 0.2) is 0 Å². The van der Waals surface area contributed by atoms with Gasteiger partial charge in [-0.2, -0.15) is 0 Å². The van der Waals surface area contributed by atoms with Crippen molar-refractivity contribution in [1.29, 1.82) is 0 Å². The fourth-order valence-corrected chi connectivity index (χ4v) is 9.81. The average molecular weight is 961 g/mol. The quantitative estimate of drug-likeness (QED) is 0.0321. The van der Waals surface area contributed by atoms with Crippen molar-refractivity contribution in [2.75, 3.05) is 13.2 Å². The van der Waals surface area contributed by atoms with Gasteiger partial charge in [-0.1, -0.05) is 289 Å². The molecule has 0 fully saturated rings. The first-order chi connectivity index (χ1) is 33.5.